The second kappa shape index (κ2) is 6.47. The highest BCUT2D eigenvalue weighted by molar-refractivity contribution is 7.44. The van der Waals surface area contributed by atoms with E-state index in [2.05, 4.69) is 0 Å². The third kappa shape index (κ3) is 4.25. The SMILES string of the molecule is CC=C(CC)[P+](=O)OCCO. The van der Waals surface area contributed by atoms with Crippen LogP contribution in [0.3, 0.4) is 0 Å². The van der Waals surface area contributed by atoms with Crippen LogP contribution in [0.4, 0.5) is 0 Å². The van der Waals surface area contributed by atoms with Crippen LogP contribution in [0, 0.1) is 0 Å². The maximum Gasteiger partial charge on any atom is 0.543 e. The second-order valence-electron chi connectivity index (χ2n) is 1.95. The molecule has 0 radical (unpaired) electrons. The molecule has 0 aliphatic carbocycles. The van der Waals surface area contributed by atoms with Gasteiger partial charge in [0.1, 0.15) is 6.61 Å². The Bertz CT molecular complexity index is 154. The molecule has 0 heterocycles. The molecule has 0 saturated carbocycles. The molecular formula is C7H14O3P+. The van der Waals surface area contributed by atoms with Gasteiger partial charge in [0.2, 0.25) is 0 Å². The van der Waals surface area contributed by atoms with Crippen molar-refractivity contribution in [1.82, 2.24) is 0 Å². The maximum absolute atomic E-state index is 11.1. The van der Waals surface area contributed by atoms with E-state index in [1.807, 2.05) is 13.8 Å². The monoisotopic (exact) mass is 177 g/mol. The first-order valence-corrected chi connectivity index (χ1v) is 4.80. The Morgan fingerprint density at radius 2 is 2.36 bits per heavy atom. The molecule has 0 aromatic carbocycles. The summed E-state index contributed by atoms with van der Waals surface area (Å²) in [5, 5.41) is 9.17. The molecule has 0 saturated heterocycles. The molecular weight excluding hydrogens is 163 g/mol. The van der Waals surface area contributed by atoms with E-state index >= 15 is 0 Å². The second-order valence-corrected chi connectivity index (χ2v) is 3.29. The fourth-order valence-corrected chi connectivity index (χ4v) is 1.53. The fourth-order valence-electron chi connectivity index (χ4n) is 0.645. The van der Waals surface area contributed by atoms with Crippen LogP contribution >= 0.6 is 8.03 Å². The standard InChI is InChI=1S/C7H14O3P/c1-3-7(4-2)11(9)10-6-5-8/h3,8H,4-6H2,1-2H3/q+1. The summed E-state index contributed by atoms with van der Waals surface area (Å²) >= 11 is 0. The van der Waals surface area contributed by atoms with E-state index in [0.717, 1.165) is 11.7 Å². The lowest BCUT2D eigenvalue weighted by atomic mass is 10.4. The van der Waals surface area contributed by atoms with Gasteiger partial charge in [-0.1, -0.05) is 6.92 Å². The molecule has 0 aromatic heterocycles. The highest BCUT2D eigenvalue weighted by Gasteiger charge is 2.22. The Labute approximate surface area is 67.9 Å². The Morgan fingerprint density at radius 3 is 2.73 bits per heavy atom. The van der Waals surface area contributed by atoms with E-state index in [9.17, 15) is 4.57 Å². The molecule has 0 aromatic rings. The van der Waals surface area contributed by atoms with Crippen molar-refractivity contribution in [3.8, 4) is 0 Å². The smallest absolute Gasteiger partial charge is 0.394 e. The first-order chi connectivity index (χ1) is 5.26. The first-order valence-electron chi connectivity index (χ1n) is 3.62. The van der Waals surface area contributed by atoms with Crippen molar-refractivity contribution in [3.63, 3.8) is 0 Å². The third-order valence-corrected chi connectivity index (χ3v) is 2.69. The van der Waals surface area contributed by atoms with Gasteiger partial charge in [0, 0.05) is 6.42 Å². The summed E-state index contributed by atoms with van der Waals surface area (Å²) < 4.78 is 15.9. The Hall–Kier alpha value is -0.240. The summed E-state index contributed by atoms with van der Waals surface area (Å²) in [6.07, 6.45) is 2.52. The fraction of sp³-hybridized carbons (Fsp3) is 0.714. The Morgan fingerprint density at radius 1 is 1.73 bits per heavy atom. The van der Waals surface area contributed by atoms with Crippen LogP contribution in [-0.2, 0) is 9.09 Å². The molecule has 4 heteroatoms. The van der Waals surface area contributed by atoms with E-state index in [4.69, 9.17) is 9.63 Å². The predicted octanol–water partition coefficient (Wildman–Crippen LogP) is 2.05. The maximum atomic E-state index is 11.1. The lowest BCUT2D eigenvalue weighted by molar-refractivity contribution is 0.209. The van der Waals surface area contributed by atoms with Gasteiger partial charge < -0.3 is 5.11 Å². The zero-order valence-electron chi connectivity index (χ0n) is 6.91. The van der Waals surface area contributed by atoms with Gasteiger partial charge in [-0.3, -0.25) is 0 Å². The van der Waals surface area contributed by atoms with Crippen molar-refractivity contribution in [1.29, 1.82) is 0 Å². The average Bonchev–Trinajstić information content (AvgIpc) is 2.03. The third-order valence-electron chi connectivity index (χ3n) is 1.23. The molecule has 64 valence electrons. The van der Waals surface area contributed by atoms with E-state index in [0.29, 0.717) is 0 Å². The normalized spacial score (nSPS) is 13.4. The topological polar surface area (TPSA) is 46.5 Å². The van der Waals surface area contributed by atoms with Crippen LogP contribution in [0.15, 0.2) is 11.4 Å². The lowest BCUT2D eigenvalue weighted by Crippen LogP contribution is -1.92. The molecule has 0 fully saturated rings. The van der Waals surface area contributed by atoms with Crippen molar-refractivity contribution in [2.75, 3.05) is 13.2 Å². The minimum absolute atomic E-state index is 0.0816. The van der Waals surface area contributed by atoms with Crippen LogP contribution < -0.4 is 0 Å². The molecule has 0 aliphatic rings. The molecule has 1 N–H and O–H groups in total. The number of allylic oxidation sites excluding steroid dienone is 2. The Kier molecular flexibility index (Phi) is 6.33. The van der Waals surface area contributed by atoms with Gasteiger partial charge in [0.25, 0.3) is 0 Å². The zero-order valence-corrected chi connectivity index (χ0v) is 7.80. The summed E-state index contributed by atoms with van der Waals surface area (Å²) in [4.78, 5) is 0. The van der Waals surface area contributed by atoms with Gasteiger partial charge in [-0.05, 0) is 17.6 Å². The summed E-state index contributed by atoms with van der Waals surface area (Å²) in [5.74, 6) is 0. The van der Waals surface area contributed by atoms with E-state index in [-0.39, 0.29) is 13.2 Å². The molecule has 3 nitrogen and oxygen atoms in total. The number of hydrogen-bond donors (Lipinski definition) is 1. The van der Waals surface area contributed by atoms with Crippen LogP contribution in [0.5, 0.6) is 0 Å². The number of hydrogen-bond acceptors (Lipinski definition) is 3. The molecule has 0 aliphatic heterocycles. The Balaban J connectivity index is 3.81. The predicted molar refractivity (Wildman–Crippen MR) is 44.7 cm³/mol. The molecule has 0 bridgehead atoms. The zero-order chi connectivity index (χ0) is 8.69. The number of aliphatic hydroxyl groups excluding tert-OH is 1. The van der Waals surface area contributed by atoms with E-state index in [1.165, 1.54) is 0 Å². The summed E-state index contributed by atoms with van der Waals surface area (Å²) in [7, 11) is -1.70. The van der Waals surface area contributed by atoms with Gasteiger partial charge in [-0.2, -0.15) is 0 Å². The van der Waals surface area contributed by atoms with Crippen molar-refractivity contribution in [2.45, 2.75) is 20.3 Å². The minimum atomic E-state index is -1.70. The molecule has 11 heavy (non-hydrogen) atoms. The highest BCUT2D eigenvalue weighted by Crippen LogP contribution is 2.34. The first kappa shape index (κ1) is 10.8. The molecule has 1 unspecified atom stereocenters. The molecule has 0 amide bonds. The summed E-state index contributed by atoms with van der Waals surface area (Å²) in [6.45, 7) is 3.81. The van der Waals surface area contributed by atoms with Crippen molar-refractivity contribution in [2.24, 2.45) is 0 Å². The van der Waals surface area contributed by atoms with Gasteiger partial charge in [0.05, 0.1) is 6.61 Å². The van der Waals surface area contributed by atoms with E-state index in [1.54, 1.807) is 6.08 Å². The molecule has 1 atom stereocenters. The minimum Gasteiger partial charge on any atom is -0.394 e. The summed E-state index contributed by atoms with van der Waals surface area (Å²) in [5.41, 5.74) is 0. The highest BCUT2D eigenvalue weighted by atomic mass is 31.1. The molecule has 0 spiro atoms. The van der Waals surface area contributed by atoms with Crippen molar-refractivity contribution in [3.05, 3.63) is 11.4 Å². The lowest BCUT2D eigenvalue weighted by Gasteiger charge is -1.88. The van der Waals surface area contributed by atoms with Gasteiger partial charge in [-0.15, -0.1) is 4.52 Å². The van der Waals surface area contributed by atoms with Crippen molar-refractivity contribution < 1.29 is 14.2 Å². The summed E-state index contributed by atoms with van der Waals surface area (Å²) in [6, 6.07) is 0. The number of aliphatic hydroxyl groups is 1. The van der Waals surface area contributed by atoms with Gasteiger partial charge in [0.15, 0.2) is 5.31 Å². The average molecular weight is 177 g/mol. The molecule has 0 rings (SSSR count). The van der Waals surface area contributed by atoms with Gasteiger partial charge in [-0.25, -0.2) is 0 Å². The van der Waals surface area contributed by atoms with Crippen LogP contribution in [0.1, 0.15) is 20.3 Å². The quantitative estimate of drug-likeness (QED) is 0.653. The van der Waals surface area contributed by atoms with Crippen LogP contribution in [0.2, 0.25) is 0 Å². The van der Waals surface area contributed by atoms with Crippen LogP contribution in [-0.4, -0.2) is 18.3 Å². The van der Waals surface area contributed by atoms with Crippen molar-refractivity contribution >= 4 is 8.03 Å². The largest absolute Gasteiger partial charge is 0.543 e. The van der Waals surface area contributed by atoms with Crippen LogP contribution in [0.25, 0.3) is 0 Å². The number of rotatable bonds is 5. The van der Waals surface area contributed by atoms with Gasteiger partial charge >= 0.3 is 8.03 Å². The van der Waals surface area contributed by atoms with E-state index < -0.39 is 8.03 Å².